The van der Waals surface area contributed by atoms with Gasteiger partial charge in [0.25, 0.3) is 0 Å². The zero-order chi connectivity index (χ0) is 10.8. The van der Waals surface area contributed by atoms with Gasteiger partial charge in [-0.2, -0.15) is 0 Å². The van der Waals surface area contributed by atoms with Crippen LogP contribution < -0.4 is 5.73 Å². The topological polar surface area (TPSA) is 63.3 Å². The van der Waals surface area contributed by atoms with E-state index in [1.807, 2.05) is 6.07 Å². The SMILES string of the molecule is NCCC(=O)c1cc2c(cc1O)CCC2. The molecule has 1 aromatic rings. The van der Waals surface area contributed by atoms with Gasteiger partial charge in [-0.25, -0.2) is 0 Å². The number of hydrogen-bond acceptors (Lipinski definition) is 3. The Hall–Kier alpha value is -1.35. The molecule has 15 heavy (non-hydrogen) atoms. The van der Waals surface area contributed by atoms with E-state index >= 15 is 0 Å². The Kier molecular flexibility index (Phi) is 2.73. The predicted octanol–water partition coefficient (Wildman–Crippen LogP) is 1.41. The summed E-state index contributed by atoms with van der Waals surface area (Å²) in [6.45, 7) is 0.329. The number of fused-ring (bicyclic) bond motifs is 1. The molecule has 0 bridgehead atoms. The van der Waals surface area contributed by atoms with Gasteiger partial charge in [0.15, 0.2) is 5.78 Å². The summed E-state index contributed by atoms with van der Waals surface area (Å²) in [6.07, 6.45) is 3.43. The van der Waals surface area contributed by atoms with E-state index in [1.54, 1.807) is 6.07 Å². The molecule has 80 valence electrons. The summed E-state index contributed by atoms with van der Waals surface area (Å²) in [5, 5.41) is 9.71. The molecular weight excluding hydrogens is 190 g/mol. The maximum Gasteiger partial charge on any atom is 0.167 e. The maximum atomic E-state index is 11.6. The standard InChI is InChI=1S/C12H15NO2/c13-5-4-11(14)10-6-8-2-1-3-9(8)7-12(10)15/h6-7,15H,1-5,13H2. The van der Waals surface area contributed by atoms with E-state index in [0.29, 0.717) is 18.5 Å². The van der Waals surface area contributed by atoms with Gasteiger partial charge in [0.2, 0.25) is 0 Å². The second kappa shape index (κ2) is 4.03. The summed E-state index contributed by atoms with van der Waals surface area (Å²) in [7, 11) is 0. The first-order valence-corrected chi connectivity index (χ1v) is 5.30. The molecule has 0 spiro atoms. The van der Waals surface area contributed by atoms with Gasteiger partial charge >= 0.3 is 0 Å². The number of phenols is 1. The van der Waals surface area contributed by atoms with Crippen molar-refractivity contribution in [2.45, 2.75) is 25.7 Å². The fourth-order valence-electron chi connectivity index (χ4n) is 2.10. The summed E-state index contributed by atoms with van der Waals surface area (Å²) in [5.74, 6) is 0.0406. The Morgan fingerprint density at radius 1 is 1.33 bits per heavy atom. The van der Waals surface area contributed by atoms with Crippen LogP contribution in [0.2, 0.25) is 0 Å². The van der Waals surface area contributed by atoms with E-state index in [2.05, 4.69) is 0 Å². The van der Waals surface area contributed by atoms with Gasteiger partial charge in [0.05, 0.1) is 5.56 Å². The Labute approximate surface area is 88.9 Å². The van der Waals surface area contributed by atoms with E-state index in [1.165, 1.54) is 11.1 Å². The van der Waals surface area contributed by atoms with Crippen molar-refractivity contribution in [3.63, 3.8) is 0 Å². The zero-order valence-electron chi connectivity index (χ0n) is 8.62. The number of carbonyl (C=O) groups is 1. The molecule has 0 saturated carbocycles. The molecule has 0 aliphatic heterocycles. The average Bonchev–Trinajstić information content (AvgIpc) is 2.63. The number of Topliss-reactive ketones (excluding diaryl/α,β-unsaturated/α-hetero) is 1. The Balaban J connectivity index is 2.36. The Bertz CT molecular complexity index is 399. The van der Waals surface area contributed by atoms with Gasteiger partial charge in [0.1, 0.15) is 5.75 Å². The number of aromatic hydroxyl groups is 1. The van der Waals surface area contributed by atoms with Crippen molar-refractivity contribution in [3.8, 4) is 5.75 Å². The van der Waals surface area contributed by atoms with Crippen molar-refractivity contribution in [2.24, 2.45) is 5.73 Å². The molecule has 1 aromatic carbocycles. The summed E-state index contributed by atoms with van der Waals surface area (Å²) in [5.41, 5.74) is 8.14. The van der Waals surface area contributed by atoms with E-state index in [9.17, 15) is 9.90 Å². The highest BCUT2D eigenvalue weighted by Crippen LogP contribution is 2.29. The van der Waals surface area contributed by atoms with Crippen LogP contribution in [-0.4, -0.2) is 17.4 Å². The van der Waals surface area contributed by atoms with Crippen molar-refractivity contribution in [1.82, 2.24) is 0 Å². The number of hydrogen-bond donors (Lipinski definition) is 2. The van der Waals surface area contributed by atoms with Crippen LogP contribution in [0.15, 0.2) is 12.1 Å². The van der Waals surface area contributed by atoms with Crippen LogP contribution in [0.5, 0.6) is 5.75 Å². The lowest BCUT2D eigenvalue weighted by molar-refractivity contribution is 0.0983. The molecule has 0 fully saturated rings. The molecule has 2 rings (SSSR count). The highest BCUT2D eigenvalue weighted by Gasteiger charge is 2.17. The van der Waals surface area contributed by atoms with Crippen molar-refractivity contribution in [2.75, 3.05) is 6.54 Å². The number of nitrogens with two attached hydrogens (primary N) is 1. The number of carbonyl (C=O) groups excluding carboxylic acids is 1. The number of ketones is 1. The fraction of sp³-hybridized carbons (Fsp3) is 0.417. The quantitative estimate of drug-likeness (QED) is 0.733. The average molecular weight is 205 g/mol. The lowest BCUT2D eigenvalue weighted by Crippen LogP contribution is -2.08. The first kappa shape index (κ1) is 10.2. The van der Waals surface area contributed by atoms with Crippen LogP contribution in [0.25, 0.3) is 0 Å². The van der Waals surface area contributed by atoms with Crippen LogP contribution >= 0.6 is 0 Å². The van der Waals surface area contributed by atoms with Crippen molar-refractivity contribution in [1.29, 1.82) is 0 Å². The molecular formula is C12H15NO2. The molecule has 3 N–H and O–H groups in total. The summed E-state index contributed by atoms with van der Waals surface area (Å²) < 4.78 is 0. The molecule has 0 aromatic heterocycles. The van der Waals surface area contributed by atoms with Crippen LogP contribution in [0.4, 0.5) is 0 Å². The molecule has 0 saturated heterocycles. The van der Waals surface area contributed by atoms with Crippen molar-refractivity contribution < 1.29 is 9.90 Å². The molecule has 1 aliphatic rings. The minimum atomic E-state index is -0.0651. The molecule has 1 aliphatic carbocycles. The van der Waals surface area contributed by atoms with Gasteiger partial charge < -0.3 is 10.8 Å². The van der Waals surface area contributed by atoms with Gasteiger partial charge in [-0.05, 0) is 49.1 Å². The van der Waals surface area contributed by atoms with Crippen LogP contribution in [0, 0.1) is 0 Å². The largest absolute Gasteiger partial charge is 0.507 e. The first-order chi connectivity index (χ1) is 7.22. The lowest BCUT2D eigenvalue weighted by atomic mass is 10.0. The van der Waals surface area contributed by atoms with Crippen molar-refractivity contribution in [3.05, 3.63) is 28.8 Å². The third-order valence-corrected chi connectivity index (χ3v) is 2.88. The van der Waals surface area contributed by atoms with Gasteiger partial charge in [-0.1, -0.05) is 0 Å². The fourth-order valence-corrected chi connectivity index (χ4v) is 2.10. The second-order valence-corrected chi connectivity index (χ2v) is 3.95. The second-order valence-electron chi connectivity index (χ2n) is 3.95. The van der Waals surface area contributed by atoms with E-state index in [-0.39, 0.29) is 11.5 Å². The molecule has 0 amide bonds. The lowest BCUT2D eigenvalue weighted by Gasteiger charge is -2.06. The first-order valence-electron chi connectivity index (χ1n) is 5.30. The monoisotopic (exact) mass is 205 g/mol. The van der Waals surface area contributed by atoms with Crippen LogP contribution in [0.1, 0.15) is 34.3 Å². The summed E-state index contributed by atoms with van der Waals surface area (Å²) >= 11 is 0. The van der Waals surface area contributed by atoms with Crippen LogP contribution in [-0.2, 0) is 12.8 Å². The number of aryl methyl sites for hydroxylation is 2. The van der Waals surface area contributed by atoms with Crippen molar-refractivity contribution >= 4 is 5.78 Å². The molecule has 0 radical (unpaired) electrons. The highest BCUT2D eigenvalue weighted by molar-refractivity contribution is 5.99. The number of benzene rings is 1. The minimum Gasteiger partial charge on any atom is -0.507 e. The van der Waals surface area contributed by atoms with Crippen LogP contribution in [0.3, 0.4) is 0 Å². The zero-order valence-corrected chi connectivity index (χ0v) is 8.62. The molecule has 0 atom stereocenters. The van der Waals surface area contributed by atoms with E-state index in [0.717, 1.165) is 19.3 Å². The Morgan fingerprint density at radius 3 is 2.67 bits per heavy atom. The minimum absolute atomic E-state index is 0.0651. The third-order valence-electron chi connectivity index (χ3n) is 2.88. The predicted molar refractivity (Wildman–Crippen MR) is 58.1 cm³/mol. The van der Waals surface area contributed by atoms with E-state index < -0.39 is 0 Å². The summed E-state index contributed by atoms with van der Waals surface area (Å²) in [6, 6.07) is 3.56. The molecule has 3 heteroatoms. The Morgan fingerprint density at radius 2 is 2.00 bits per heavy atom. The highest BCUT2D eigenvalue weighted by atomic mass is 16.3. The molecule has 3 nitrogen and oxygen atoms in total. The number of rotatable bonds is 3. The molecule has 0 unspecified atom stereocenters. The normalized spacial score (nSPS) is 13.9. The number of phenolic OH excluding ortho intramolecular Hbond substituents is 1. The maximum absolute atomic E-state index is 11.6. The van der Waals surface area contributed by atoms with Gasteiger partial charge in [-0.15, -0.1) is 0 Å². The smallest absolute Gasteiger partial charge is 0.167 e. The summed E-state index contributed by atoms with van der Waals surface area (Å²) in [4.78, 5) is 11.6. The van der Waals surface area contributed by atoms with Gasteiger partial charge in [0, 0.05) is 6.42 Å². The molecule has 0 heterocycles. The van der Waals surface area contributed by atoms with Gasteiger partial charge in [-0.3, -0.25) is 4.79 Å². The van der Waals surface area contributed by atoms with E-state index in [4.69, 9.17) is 5.73 Å². The third kappa shape index (κ3) is 1.88.